The summed E-state index contributed by atoms with van der Waals surface area (Å²) >= 11 is 0. The zero-order valence-corrected chi connectivity index (χ0v) is 15.1. The highest BCUT2D eigenvalue weighted by Gasteiger charge is 2.58. The van der Waals surface area contributed by atoms with Gasteiger partial charge in [0.05, 0.1) is 0 Å². The molecule has 0 heterocycles. The molecule has 0 fully saturated rings. The third-order valence-electron chi connectivity index (χ3n) is 7.22. The lowest BCUT2D eigenvalue weighted by atomic mass is 9.44. The normalized spacial score (nSPS) is 29.5. The topological polar surface area (TPSA) is 0 Å². The fraction of sp³-hybridized carbons (Fsp3) is 0.154. The number of hydrogen-bond acceptors (Lipinski definition) is 0. The molecule has 0 aromatic heterocycles. The van der Waals surface area contributed by atoms with E-state index >= 15 is 0 Å². The number of hydrogen-bond donors (Lipinski definition) is 0. The Hall–Kier alpha value is -2.86. The van der Waals surface area contributed by atoms with Crippen LogP contribution in [0.1, 0.15) is 36.1 Å². The Morgan fingerprint density at radius 1 is 0.577 bits per heavy atom. The highest BCUT2D eigenvalue weighted by atomic mass is 14.6. The number of fused-ring (bicyclic) bond motifs is 4. The standard InChI is InChI=1S/C26H20/c1-25-19-11-12-20-16-18-8-4-6-10-22(18)24(26(20,25)2)14-13-23(25)21-9-5-3-7-17(21)15-19/h3-16H,1-2H3/t25-,26-/m1/s1. The van der Waals surface area contributed by atoms with Crippen molar-refractivity contribution in [2.24, 2.45) is 10.8 Å². The zero-order valence-electron chi connectivity index (χ0n) is 15.1. The van der Waals surface area contributed by atoms with Gasteiger partial charge in [-0.1, -0.05) is 98.8 Å². The second-order valence-electron chi connectivity index (χ2n) is 8.12. The molecule has 0 nitrogen and oxygen atoms in total. The molecule has 0 saturated heterocycles. The highest BCUT2D eigenvalue weighted by molar-refractivity contribution is 5.99. The van der Waals surface area contributed by atoms with E-state index in [4.69, 9.17) is 0 Å². The Balaban J connectivity index is 1.78. The first kappa shape index (κ1) is 14.3. The smallest absolute Gasteiger partial charge is 0.0315 e. The van der Waals surface area contributed by atoms with Crippen LogP contribution in [0.2, 0.25) is 0 Å². The van der Waals surface area contributed by atoms with Crippen LogP contribution < -0.4 is 0 Å². The Bertz CT molecular complexity index is 1060. The fourth-order valence-corrected chi connectivity index (χ4v) is 5.61. The summed E-state index contributed by atoms with van der Waals surface area (Å²) in [7, 11) is 0. The predicted molar refractivity (Wildman–Crippen MR) is 110 cm³/mol. The van der Waals surface area contributed by atoms with E-state index in [0.717, 1.165) is 0 Å². The summed E-state index contributed by atoms with van der Waals surface area (Å²) < 4.78 is 0. The van der Waals surface area contributed by atoms with Crippen LogP contribution in [0.3, 0.4) is 0 Å². The molecule has 0 spiro atoms. The molecule has 2 aromatic rings. The van der Waals surface area contributed by atoms with E-state index in [2.05, 4.69) is 98.8 Å². The van der Waals surface area contributed by atoms with E-state index in [1.807, 2.05) is 0 Å². The molecule has 2 atom stereocenters. The molecule has 0 unspecified atom stereocenters. The first-order chi connectivity index (χ1) is 12.6. The van der Waals surface area contributed by atoms with Crippen LogP contribution in [0.25, 0.3) is 23.3 Å². The lowest BCUT2D eigenvalue weighted by molar-refractivity contribution is 0.307. The SMILES string of the molecule is C[C@@]12C3=Cc4ccccc4C1=CC=C1c4ccccc4C=C(C=C3)[C@]12C. The average Bonchev–Trinajstić information content (AvgIpc) is 2.66. The van der Waals surface area contributed by atoms with E-state index in [-0.39, 0.29) is 10.8 Å². The molecule has 6 rings (SSSR count). The molecule has 0 radical (unpaired) electrons. The third kappa shape index (κ3) is 1.40. The van der Waals surface area contributed by atoms with Gasteiger partial charge in [-0.25, -0.2) is 0 Å². The van der Waals surface area contributed by atoms with Gasteiger partial charge in [0.15, 0.2) is 0 Å². The second kappa shape index (κ2) is 4.45. The summed E-state index contributed by atoms with van der Waals surface area (Å²) in [4.78, 5) is 0. The molecule has 26 heavy (non-hydrogen) atoms. The quantitative estimate of drug-likeness (QED) is 0.513. The van der Waals surface area contributed by atoms with Crippen LogP contribution in [-0.2, 0) is 0 Å². The van der Waals surface area contributed by atoms with E-state index in [1.54, 1.807) is 0 Å². The maximum atomic E-state index is 2.44. The summed E-state index contributed by atoms with van der Waals surface area (Å²) in [6.45, 7) is 4.89. The minimum absolute atomic E-state index is 0.0421. The zero-order chi connectivity index (χ0) is 17.5. The molecule has 0 N–H and O–H groups in total. The van der Waals surface area contributed by atoms with Gasteiger partial charge >= 0.3 is 0 Å². The van der Waals surface area contributed by atoms with E-state index < -0.39 is 0 Å². The Kier molecular flexibility index (Phi) is 2.45. The first-order valence-electron chi connectivity index (χ1n) is 9.38. The van der Waals surface area contributed by atoms with Crippen molar-refractivity contribution in [2.45, 2.75) is 13.8 Å². The molecule has 0 saturated carbocycles. The molecule has 0 amide bonds. The maximum Gasteiger partial charge on any atom is 0.0315 e. The van der Waals surface area contributed by atoms with Gasteiger partial charge in [-0.15, -0.1) is 0 Å². The van der Waals surface area contributed by atoms with Gasteiger partial charge in [0.2, 0.25) is 0 Å². The van der Waals surface area contributed by atoms with Crippen LogP contribution in [0, 0.1) is 10.8 Å². The van der Waals surface area contributed by atoms with Gasteiger partial charge in [0, 0.05) is 10.8 Å². The van der Waals surface area contributed by atoms with Crippen molar-refractivity contribution in [2.75, 3.05) is 0 Å². The third-order valence-corrected chi connectivity index (χ3v) is 7.22. The molecule has 0 aliphatic heterocycles. The number of rotatable bonds is 0. The maximum absolute atomic E-state index is 2.44. The molecule has 4 aliphatic rings. The lowest BCUT2D eigenvalue weighted by Gasteiger charge is -2.57. The summed E-state index contributed by atoms with van der Waals surface area (Å²) in [6.07, 6.45) is 14.2. The van der Waals surface area contributed by atoms with Gasteiger partial charge in [-0.3, -0.25) is 0 Å². The average molecular weight is 332 g/mol. The second-order valence-corrected chi connectivity index (χ2v) is 8.12. The van der Waals surface area contributed by atoms with E-state index in [9.17, 15) is 0 Å². The van der Waals surface area contributed by atoms with Gasteiger partial charge < -0.3 is 0 Å². The van der Waals surface area contributed by atoms with Gasteiger partial charge in [-0.2, -0.15) is 0 Å². The first-order valence-corrected chi connectivity index (χ1v) is 9.38. The van der Waals surface area contributed by atoms with Crippen molar-refractivity contribution in [3.05, 3.63) is 106 Å². The number of benzene rings is 2. The lowest BCUT2D eigenvalue weighted by Crippen LogP contribution is -2.47. The van der Waals surface area contributed by atoms with Crippen LogP contribution in [0.5, 0.6) is 0 Å². The van der Waals surface area contributed by atoms with Crippen molar-refractivity contribution in [3.63, 3.8) is 0 Å². The summed E-state index contributed by atoms with van der Waals surface area (Å²) in [6, 6.07) is 17.6. The number of allylic oxidation sites excluding steroid dienone is 8. The van der Waals surface area contributed by atoms with Crippen LogP contribution in [0.4, 0.5) is 0 Å². The minimum atomic E-state index is -0.0421. The Morgan fingerprint density at radius 3 is 1.46 bits per heavy atom. The van der Waals surface area contributed by atoms with E-state index in [1.165, 1.54) is 44.5 Å². The monoisotopic (exact) mass is 332 g/mol. The largest absolute Gasteiger partial charge is 0.0616 e. The van der Waals surface area contributed by atoms with Gasteiger partial charge in [-0.05, 0) is 44.5 Å². The highest BCUT2D eigenvalue weighted by Crippen LogP contribution is 2.69. The Morgan fingerprint density at radius 2 is 1.00 bits per heavy atom. The summed E-state index contributed by atoms with van der Waals surface area (Å²) in [5.41, 5.74) is 11.1. The molecule has 124 valence electrons. The van der Waals surface area contributed by atoms with Crippen molar-refractivity contribution >= 4 is 23.3 Å². The van der Waals surface area contributed by atoms with Gasteiger partial charge in [0.1, 0.15) is 0 Å². The van der Waals surface area contributed by atoms with Gasteiger partial charge in [0.25, 0.3) is 0 Å². The van der Waals surface area contributed by atoms with Crippen molar-refractivity contribution < 1.29 is 0 Å². The van der Waals surface area contributed by atoms with Crippen molar-refractivity contribution in [1.29, 1.82) is 0 Å². The van der Waals surface area contributed by atoms with Crippen LogP contribution in [-0.4, -0.2) is 0 Å². The minimum Gasteiger partial charge on any atom is -0.0616 e. The van der Waals surface area contributed by atoms with E-state index in [0.29, 0.717) is 0 Å². The molecular weight excluding hydrogens is 312 g/mol. The molecule has 2 aromatic carbocycles. The molecule has 0 bridgehead atoms. The van der Waals surface area contributed by atoms with Crippen molar-refractivity contribution in [3.8, 4) is 0 Å². The summed E-state index contributed by atoms with van der Waals surface area (Å²) in [5, 5.41) is 0. The van der Waals surface area contributed by atoms with Crippen LogP contribution >= 0.6 is 0 Å². The van der Waals surface area contributed by atoms with Crippen LogP contribution in [0.15, 0.2) is 84.0 Å². The summed E-state index contributed by atoms with van der Waals surface area (Å²) in [5.74, 6) is 0. The van der Waals surface area contributed by atoms with Crippen molar-refractivity contribution in [1.82, 2.24) is 0 Å². The predicted octanol–water partition coefficient (Wildman–Crippen LogP) is 6.54. The molecular formula is C26H20. The molecule has 0 heteroatoms. The fourth-order valence-electron chi connectivity index (χ4n) is 5.61. The Labute approximate surface area is 154 Å². The molecule has 4 aliphatic carbocycles.